The van der Waals surface area contributed by atoms with Crippen molar-refractivity contribution in [1.29, 1.82) is 0 Å². The van der Waals surface area contributed by atoms with Crippen molar-refractivity contribution in [3.63, 3.8) is 0 Å². The number of rotatable bonds is 3. The maximum Gasteiger partial charge on any atom is 0.314 e. The van der Waals surface area contributed by atoms with E-state index in [2.05, 4.69) is 10.9 Å². The minimum atomic E-state index is -0.492. The van der Waals surface area contributed by atoms with Crippen molar-refractivity contribution >= 4 is 17.8 Å². The Labute approximate surface area is 154 Å². The minimum absolute atomic E-state index is 0.0807. The molecule has 1 aliphatic heterocycles. The lowest BCUT2D eigenvalue weighted by atomic mass is 9.49. The van der Waals surface area contributed by atoms with Gasteiger partial charge in [0.15, 0.2) is 0 Å². The number of hydrogen-bond donors (Lipinski definition) is 3. The Balaban J connectivity index is 1.26. The molecule has 144 valence electrons. The summed E-state index contributed by atoms with van der Waals surface area (Å²) in [6.07, 6.45) is 9.59. The van der Waals surface area contributed by atoms with E-state index in [1.807, 2.05) is 0 Å². The number of nitrogens with two attached hydrogens (primary N) is 1. The van der Waals surface area contributed by atoms with Gasteiger partial charge < -0.3 is 10.6 Å². The second-order valence-electron chi connectivity index (χ2n) is 9.26. The first kappa shape index (κ1) is 17.6. The molecule has 26 heavy (non-hydrogen) atoms. The smallest absolute Gasteiger partial charge is 0.314 e. The molecule has 0 radical (unpaired) electrons. The summed E-state index contributed by atoms with van der Waals surface area (Å²) in [7, 11) is 0. The highest BCUT2D eigenvalue weighted by Gasteiger charge is 2.51. The van der Waals surface area contributed by atoms with E-state index in [4.69, 9.17) is 5.73 Å². The molecule has 0 aromatic heterocycles. The topological polar surface area (TPSA) is 105 Å². The molecule has 5 fully saturated rings. The largest absolute Gasteiger partial charge is 0.351 e. The summed E-state index contributed by atoms with van der Waals surface area (Å²) in [4.78, 5) is 37.6. The van der Waals surface area contributed by atoms with Crippen LogP contribution in [0.2, 0.25) is 0 Å². The number of piperidine rings is 1. The van der Waals surface area contributed by atoms with Gasteiger partial charge in [0, 0.05) is 19.5 Å². The molecule has 7 heteroatoms. The van der Waals surface area contributed by atoms with Crippen molar-refractivity contribution in [2.24, 2.45) is 34.8 Å². The normalized spacial score (nSPS) is 38.1. The van der Waals surface area contributed by atoms with Crippen LogP contribution in [0.25, 0.3) is 0 Å². The van der Waals surface area contributed by atoms with Crippen LogP contribution in [0.3, 0.4) is 0 Å². The minimum Gasteiger partial charge on any atom is -0.351 e. The van der Waals surface area contributed by atoms with E-state index in [1.165, 1.54) is 43.4 Å². The van der Waals surface area contributed by atoms with Crippen LogP contribution in [0.15, 0.2) is 0 Å². The van der Waals surface area contributed by atoms with E-state index in [0.29, 0.717) is 25.9 Å². The van der Waals surface area contributed by atoms with Gasteiger partial charge in [0.05, 0.1) is 5.92 Å². The summed E-state index contributed by atoms with van der Waals surface area (Å²) in [6, 6.07) is -0.492. The molecule has 0 aromatic carbocycles. The van der Waals surface area contributed by atoms with Crippen LogP contribution >= 0.6 is 0 Å². The van der Waals surface area contributed by atoms with Crippen LogP contribution < -0.4 is 16.6 Å². The average Bonchev–Trinajstić information content (AvgIpc) is 2.58. The predicted octanol–water partition coefficient (Wildman–Crippen LogP) is 1.53. The Morgan fingerprint density at radius 1 is 1.00 bits per heavy atom. The van der Waals surface area contributed by atoms with Gasteiger partial charge in [0.2, 0.25) is 11.8 Å². The Hall–Kier alpha value is -1.79. The van der Waals surface area contributed by atoms with Crippen molar-refractivity contribution in [2.75, 3.05) is 13.1 Å². The van der Waals surface area contributed by atoms with Crippen LogP contribution in [-0.4, -0.2) is 35.8 Å². The first-order chi connectivity index (χ1) is 12.4. The highest BCUT2D eigenvalue weighted by molar-refractivity contribution is 5.84. The number of carbonyl (C=O) groups is 3. The molecular formula is C19H30N4O3. The first-order valence-electron chi connectivity index (χ1n) is 10.1. The Bertz CT molecular complexity index is 570. The van der Waals surface area contributed by atoms with Crippen molar-refractivity contribution in [2.45, 2.75) is 57.8 Å². The fraction of sp³-hybridized carbons (Fsp3) is 0.842. The van der Waals surface area contributed by atoms with Gasteiger partial charge in [0.25, 0.3) is 0 Å². The van der Waals surface area contributed by atoms with Gasteiger partial charge in [-0.1, -0.05) is 0 Å². The summed E-state index contributed by atoms with van der Waals surface area (Å²) in [5.74, 6) is 1.82. The molecule has 5 rings (SSSR count). The number of carbonyl (C=O) groups excluding carboxylic acids is 3. The lowest BCUT2D eigenvalue weighted by molar-refractivity contribution is -0.136. The van der Waals surface area contributed by atoms with E-state index in [0.717, 1.165) is 24.2 Å². The fourth-order valence-electron chi connectivity index (χ4n) is 6.52. The maximum atomic E-state index is 12.5. The van der Waals surface area contributed by atoms with E-state index in [1.54, 1.807) is 0 Å². The molecule has 4 N–H and O–H groups in total. The second-order valence-corrected chi connectivity index (χ2v) is 9.26. The average molecular weight is 362 g/mol. The standard InChI is InChI=1S/C19H30N4O3/c20-18(26)23-3-1-2-15(11-23)17(25)22-21-16(24)10-19-7-12-4-13(8-19)6-14(5-12)9-19/h12-15H,1-11H2,(H2,20,26)(H,21,24)(H,22,25)/t12?,13?,14?,15-,19?/m0/s1. The number of likely N-dealkylation sites (tertiary alicyclic amines) is 1. The molecule has 0 unspecified atom stereocenters. The van der Waals surface area contributed by atoms with E-state index < -0.39 is 6.03 Å². The van der Waals surface area contributed by atoms with Crippen molar-refractivity contribution in [3.05, 3.63) is 0 Å². The maximum absolute atomic E-state index is 12.5. The lowest BCUT2D eigenvalue weighted by Gasteiger charge is -2.56. The third kappa shape index (κ3) is 3.53. The summed E-state index contributed by atoms with van der Waals surface area (Å²) in [5, 5.41) is 0. The Morgan fingerprint density at radius 2 is 1.62 bits per heavy atom. The van der Waals surface area contributed by atoms with Crippen LogP contribution in [0.1, 0.15) is 57.8 Å². The van der Waals surface area contributed by atoms with Gasteiger partial charge in [-0.25, -0.2) is 4.79 Å². The number of urea groups is 1. The predicted molar refractivity (Wildman–Crippen MR) is 95.4 cm³/mol. The monoisotopic (exact) mass is 362 g/mol. The van der Waals surface area contributed by atoms with Crippen molar-refractivity contribution in [1.82, 2.24) is 15.8 Å². The molecule has 0 aromatic rings. The zero-order valence-corrected chi connectivity index (χ0v) is 15.3. The van der Waals surface area contributed by atoms with Gasteiger partial charge in [-0.05, 0) is 74.5 Å². The summed E-state index contributed by atoms with van der Waals surface area (Å²) < 4.78 is 0. The van der Waals surface area contributed by atoms with Gasteiger partial charge in [0.1, 0.15) is 0 Å². The number of nitrogens with zero attached hydrogens (tertiary/aromatic N) is 1. The van der Waals surface area contributed by atoms with Crippen molar-refractivity contribution in [3.8, 4) is 0 Å². The first-order valence-corrected chi connectivity index (χ1v) is 10.1. The molecule has 4 saturated carbocycles. The van der Waals surface area contributed by atoms with E-state index in [9.17, 15) is 14.4 Å². The van der Waals surface area contributed by atoms with E-state index >= 15 is 0 Å². The molecule has 1 atom stereocenters. The highest BCUT2D eigenvalue weighted by Crippen LogP contribution is 2.61. The number of hydrogen-bond acceptors (Lipinski definition) is 3. The van der Waals surface area contributed by atoms with Gasteiger partial charge >= 0.3 is 6.03 Å². The van der Waals surface area contributed by atoms with Crippen LogP contribution in [0.4, 0.5) is 4.79 Å². The van der Waals surface area contributed by atoms with Gasteiger partial charge in [-0.2, -0.15) is 0 Å². The van der Waals surface area contributed by atoms with Gasteiger partial charge in [-0.3, -0.25) is 20.4 Å². The summed E-state index contributed by atoms with van der Waals surface area (Å²) in [6.45, 7) is 0.920. The van der Waals surface area contributed by atoms with Crippen molar-refractivity contribution < 1.29 is 14.4 Å². The molecule has 0 spiro atoms. The van der Waals surface area contributed by atoms with Crippen LogP contribution in [-0.2, 0) is 9.59 Å². The summed E-state index contributed by atoms with van der Waals surface area (Å²) in [5.41, 5.74) is 10.7. The quantitative estimate of drug-likeness (QED) is 0.663. The molecule has 5 aliphatic rings. The fourth-order valence-corrected chi connectivity index (χ4v) is 6.52. The molecule has 4 bridgehead atoms. The number of nitrogens with one attached hydrogen (secondary N) is 2. The molecule has 4 amide bonds. The van der Waals surface area contributed by atoms with Crippen LogP contribution in [0.5, 0.6) is 0 Å². The second kappa shape index (κ2) is 6.74. The van der Waals surface area contributed by atoms with Gasteiger partial charge in [-0.15, -0.1) is 0 Å². The SMILES string of the molecule is NC(=O)N1CCC[C@H](C(=O)NNC(=O)CC23CC4CC(CC(C4)C2)C3)C1. The third-order valence-electron chi connectivity index (χ3n) is 7.13. The molecule has 1 saturated heterocycles. The highest BCUT2D eigenvalue weighted by atomic mass is 16.2. The Kier molecular flexibility index (Phi) is 4.57. The number of hydrazine groups is 1. The third-order valence-corrected chi connectivity index (χ3v) is 7.13. The molecule has 4 aliphatic carbocycles. The summed E-state index contributed by atoms with van der Waals surface area (Å²) >= 11 is 0. The Morgan fingerprint density at radius 3 is 2.19 bits per heavy atom. The molecule has 1 heterocycles. The zero-order valence-electron chi connectivity index (χ0n) is 15.3. The van der Waals surface area contributed by atoms with Crippen LogP contribution in [0, 0.1) is 29.1 Å². The van der Waals surface area contributed by atoms with E-state index in [-0.39, 0.29) is 23.1 Å². The molecular weight excluding hydrogens is 332 g/mol. The lowest BCUT2D eigenvalue weighted by Crippen LogP contribution is -2.52. The molecule has 7 nitrogen and oxygen atoms in total. The number of primary amides is 1. The zero-order chi connectivity index (χ0) is 18.3. The number of amides is 4.